The van der Waals surface area contributed by atoms with Gasteiger partial charge in [-0.2, -0.15) is 0 Å². The Hall–Kier alpha value is -1.43. The third-order valence-corrected chi connectivity index (χ3v) is 4.06. The normalized spacial score (nSPS) is 10.5. The molecule has 0 saturated carbocycles. The molecule has 4 nitrogen and oxygen atoms in total. The first-order valence-electron chi connectivity index (χ1n) is 5.10. The second-order valence-electron chi connectivity index (χ2n) is 3.68. The van der Waals surface area contributed by atoms with Gasteiger partial charge in [0.15, 0.2) is 11.5 Å². The molecule has 2 rings (SSSR count). The number of rotatable bonds is 3. The van der Waals surface area contributed by atoms with Crippen LogP contribution >= 0.6 is 34.5 Å². The van der Waals surface area contributed by atoms with Crippen LogP contribution in [0.5, 0.6) is 0 Å². The van der Waals surface area contributed by atoms with Crippen LogP contribution in [0, 0.1) is 0 Å². The van der Waals surface area contributed by atoms with E-state index in [0.717, 1.165) is 11.3 Å². The summed E-state index contributed by atoms with van der Waals surface area (Å²) < 4.78 is 0. The number of carboxylic acids is 1. The lowest BCUT2D eigenvalue weighted by Crippen LogP contribution is -2.03. The van der Waals surface area contributed by atoms with Crippen molar-refractivity contribution in [2.24, 2.45) is 0 Å². The fraction of sp³-hybridized carbons (Fsp3) is 0.0833. The smallest absolute Gasteiger partial charge is 0.356 e. The number of hydrogen-bond donors (Lipinski definition) is 1. The highest BCUT2D eigenvalue weighted by molar-refractivity contribution is 7.17. The van der Waals surface area contributed by atoms with Crippen molar-refractivity contribution in [3.8, 4) is 10.6 Å². The number of Topliss-reactive ketones (excluding diaryl/α,β-unsaturated/α-hetero) is 1. The van der Waals surface area contributed by atoms with Gasteiger partial charge in [0.2, 0.25) is 0 Å². The molecule has 1 aromatic heterocycles. The van der Waals surface area contributed by atoms with Gasteiger partial charge >= 0.3 is 5.97 Å². The van der Waals surface area contributed by atoms with E-state index < -0.39 is 5.97 Å². The van der Waals surface area contributed by atoms with Crippen molar-refractivity contribution in [2.45, 2.75) is 6.92 Å². The number of ketones is 1. The fourth-order valence-electron chi connectivity index (χ4n) is 1.48. The van der Waals surface area contributed by atoms with Gasteiger partial charge in [0, 0.05) is 17.5 Å². The van der Waals surface area contributed by atoms with Crippen LogP contribution in [0.2, 0.25) is 10.0 Å². The maximum absolute atomic E-state index is 11.4. The van der Waals surface area contributed by atoms with Crippen LogP contribution in [0.3, 0.4) is 0 Å². The van der Waals surface area contributed by atoms with Crippen LogP contribution in [0.1, 0.15) is 27.1 Å². The lowest BCUT2D eigenvalue weighted by Gasteiger charge is -2.00. The van der Waals surface area contributed by atoms with Gasteiger partial charge in [-0.3, -0.25) is 4.79 Å². The van der Waals surface area contributed by atoms with Gasteiger partial charge in [0.25, 0.3) is 0 Å². The predicted molar refractivity (Wildman–Crippen MR) is 74.5 cm³/mol. The Kier molecular flexibility index (Phi) is 3.89. The van der Waals surface area contributed by atoms with Crippen LogP contribution in [0.25, 0.3) is 10.6 Å². The van der Waals surface area contributed by atoms with Crippen molar-refractivity contribution < 1.29 is 14.7 Å². The van der Waals surface area contributed by atoms with Crippen LogP contribution < -0.4 is 0 Å². The lowest BCUT2D eigenvalue weighted by atomic mass is 10.2. The first-order valence-corrected chi connectivity index (χ1v) is 6.68. The minimum atomic E-state index is -1.24. The van der Waals surface area contributed by atoms with Crippen molar-refractivity contribution in [3.63, 3.8) is 0 Å². The minimum Gasteiger partial charge on any atom is -0.476 e. The van der Waals surface area contributed by atoms with E-state index >= 15 is 0 Å². The van der Waals surface area contributed by atoms with Gasteiger partial charge in [0.05, 0.1) is 5.02 Å². The highest BCUT2D eigenvalue weighted by Crippen LogP contribution is 2.35. The van der Waals surface area contributed by atoms with E-state index in [9.17, 15) is 9.59 Å². The van der Waals surface area contributed by atoms with E-state index in [1.54, 1.807) is 18.2 Å². The maximum Gasteiger partial charge on any atom is 0.356 e. The predicted octanol–water partition coefficient (Wildman–Crippen LogP) is 4.02. The molecule has 0 atom stereocenters. The molecule has 0 aliphatic carbocycles. The molecule has 0 spiro atoms. The molecule has 1 N–H and O–H groups in total. The molecule has 0 fully saturated rings. The van der Waals surface area contributed by atoms with Crippen LogP contribution in [-0.4, -0.2) is 21.8 Å². The fourth-order valence-corrected chi connectivity index (χ4v) is 2.90. The molecular weight excluding hydrogens is 309 g/mol. The largest absolute Gasteiger partial charge is 0.476 e. The van der Waals surface area contributed by atoms with Crippen molar-refractivity contribution in [3.05, 3.63) is 38.8 Å². The number of nitrogens with zero attached hydrogens (tertiary/aromatic N) is 1. The first kappa shape index (κ1) is 14.0. The van der Waals surface area contributed by atoms with Crippen LogP contribution in [-0.2, 0) is 0 Å². The molecule has 1 aromatic carbocycles. The summed E-state index contributed by atoms with van der Waals surface area (Å²) in [6.45, 7) is 1.29. The van der Waals surface area contributed by atoms with E-state index in [1.807, 2.05) is 0 Å². The van der Waals surface area contributed by atoms with Gasteiger partial charge in [-0.25, -0.2) is 9.78 Å². The number of aromatic nitrogens is 1. The maximum atomic E-state index is 11.4. The van der Waals surface area contributed by atoms with E-state index in [1.165, 1.54) is 6.92 Å². The van der Waals surface area contributed by atoms with Crippen molar-refractivity contribution >= 4 is 46.3 Å². The zero-order chi connectivity index (χ0) is 14.2. The summed E-state index contributed by atoms with van der Waals surface area (Å²) in [5.74, 6) is -1.59. The SMILES string of the molecule is CC(=O)c1sc(-c2cc(Cl)ccc2Cl)nc1C(=O)O. The summed E-state index contributed by atoms with van der Waals surface area (Å²) in [4.78, 5) is 26.5. The molecule has 0 bridgehead atoms. The van der Waals surface area contributed by atoms with Gasteiger partial charge in [-0.1, -0.05) is 23.2 Å². The lowest BCUT2D eigenvalue weighted by molar-refractivity contribution is 0.0687. The monoisotopic (exact) mass is 315 g/mol. The summed E-state index contributed by atoms with van der Waals surface area (Å²) in [6.07, 6.45) is 0. The Morgan fingerprint density at radius 1 is 1.32 bits per heavy atom. The van der Waals surface area contributed by atoms with E-state index in [4.69, 9.17) is 28.3 Å². The summed E-state index contributed by atoms with van der Waals surface area (Å²) >= 11 is 12.9. The van der Waals surface area contributed by atoms with Crippen LogP contribution in [0.15, 0.2) is 18.2 Å². The third kappa shape index (κ3) is 2.78. The summed E-state index contributed by atoms with van der Waals surface area (Å²) in [5, 5.41) is 10.2. The molecule has 0 unspecified atom stereocenters. The quantitative estimate of drug-likeness (QED) is 0.869. The molecule has 0 radical (unpaired) electrons. The number of hydrogen-bond acceptors (Lipinski definition) is 4. The average Bonchev–Trinajstić information content (AvgIpc) is 2.77. The van der Waals surface area contributed by atoms with Gasteiger partial charge in [-0.05, 0) is 18.2 Å². The first-order chi connectivity index (χ1) is 8.90. The third-order valence-electron chi connectivity index (χ3n) is 2.31. The van der Waals surface area contributed by atoms with Crippen LogP contribution in [0.4, 0.5) is 0 Å². The second-order valence-corrected chi connectivity index (χ2v) is 5.52. The molecule has 1 heterocycles. The molecule has 98 valence electrons. The second kappa shape index (κ2) is 5.28. The Morgan fingerprint density at radius 2 is 2.00 bits per heavy atom. The topological polar surface area (TPSA) is 67.3 Å². The average molecular weight is 316 g/mol. The van der Waals surface area contributed by atoms with Crippen molar-refractivity contribution in [1.82, 2.24) is 4.98 Å². The molecular formula is C12H7Cl2NO3S. The van der Waals surface area contributed by atoms with Gasteiger partial charge < -0.3 is 5.11 Å². The number of carbonyl (C=O) groups is 2. The molecule has 0 aliphatic rings. The number of carbonyl (C=O) groups excluding carboxylic acids is 1. The summed E-state index contributed by atoms with van der Waals surface area (Å²) in [5.41, 5.74) is 0.248. The molecule has 0 saturated heterocycles. The summed E-state index contributed by atoms with van der Waals surface area (Å²) in [6, 6.07) is 4.79. The number of benzene rings is 1. The number of aromatic carboxylic acids is 1. The van der Waals surface area contributed by atoms with Crippen molar-refractivity contribution in [2.75, 3.05) is 0 Å². The Morgan fingerprint density at radius 3 is 2.53 bits per heavy atom. The van der Waals surface area contributed by atoms with Crippen molar-refractivity contribution in [1.29, 1.82) is 0 Å². The van der Waals surface area contributed by atoms with E-state index in [0.29, 0.717) is 20.6 Å². The molecule has 2 aromatic rings. The standard InChI is InChI=1S/C12H7Cl2NO3S/c1-5(16)10-9(12(17)18)15-11(19-10)7-4-6(13)2-3-8(7)14/h2-4H,1H3,(H,17,18). The highest BCUT2D eigenvalue weighted by Gasteiger charge is 2.22. The Bertz CT molecular complexity index is 650. The van der Waals surface area contributed by atoms with E-state index in [2.05, 4.69) is 4.98 Å². The minimum absolute atomic E-state index is 0.0959. The zero-order valence-electron chi connectivity index (χ0n) is 9.61. The molecule has 0 aliphatic heterocycles. The number of carboxylic acid groups (broad SMARTS) is 1. The Balaban J connectivity index is 2.64. The van der Waals surface area contributed by atoms with Gasteiger partial charge in [0.1, 0.15) is 9.88 Å². The summed E-state index contributed by atoms with van der Waals surface area (Å²) in [7, 11) is 0. The zero-order valence-corrected chi connectivity index (χ0v) is 11.9. The highest BCUT2D eigenvalue weighted by atomic mass is 35.5. The number of thiazole rings is 1. The molecule has 0 amide bonds. The van der Waals surface area contributed by atoms with Gasteiger partial charge in [-0.15, -0.1) is 11.3 Å². The van der Waals surface area contributed by atoms with E-state index in [-0.39, 0.29) is 16.4 Å². The molecule has 19 heavy (non-hydrogen) atoms. The number of halogens is 2. The Labute approximate surface area is 122 Å². The molecule has 7 heteroatoms.